The Morgan fingerprint density at radius 3 is 2.95 bits per heavy atom. The first-order valence-electron chi connectivity index (χ1n) is 7.27. The third kappa shape index (κ3) is 3.25. The Bertz CT molecular complexity index is 446. The van der Waals surface area contributed by atoms with E-state index in [1.54, 1.807) is 9.25 Å². The zero-order chi connectivity index (χ0) is 13.7. The number of nitrogens with zero attached hydrogens (tertiary/aromatic N) is 3. The zero-order valence-corrected chi connectivity index (χ0v) is 11.6. The van der Waals surface area contributed by atoms with Gasteiger partial charge >= 0.3 is 5.69 Å². The Balaban J connectivity index is 2.17. The van der Waals surface area contributed by atoms with Crippen molar-refractivity contribution in [3.05, 3.63) is 16.3 Å². The lowest BCUT2D eigenvalue weighted by Gasteiger charge is -2.21. The van der Waals surface area contributed by atoms with Gasteiger partial charge in [-0.05, 0) is 39.2 Å². The molecule has 1 aliphatic heterocycles. The van der Waals surface area contributed by atoms with E-state index in [0.29, 0.717) is 25.4 Å². The van der Waals surface area contributed by atoms with Gasteiger partial charge < -0.3 is 10.4 Å². The van der Waals surface area contributed by atoms with Crippen molar-refractivity contribution in [3.8, 4) is 0 Å². The number of hydrogen-bond donors (Lipinski definition) is 2. The molecule has 0 radical (unpaired) electrons. The zero-order valence-electron chi connectivity index (χ0n) is 11.6. The Morgan fingerprint density at radius 2 is 2.32 bits per heavy atom. The number of aryl methyl sites for hydroxylation is 1. The molecule has 0 amide bonds. The molecule has 1 aliphatic rings. The van der Waals surface area contributed by atoms with Crippen LogP contribution < -0.4 is 11.0 Å². The summed E-state index contributed by atoms with van der Waals surface area (Å²) in [6, 6.07) is 0. The third-order valence-corrected chi connectivity index (χ3v) is 3.71. The van der Waals surface area contributed by atoms with E-state index in [-0.39, 0.29) is 12.3 Å². The summed E-state index contributed by atoms with van der Waals surface area (Å²) in [5, 5.41) is 16.7. The van der Waals surface area contributed by atoms with Crippen molar-refractivity contribution in [1.29, 1.82) is 0 Å². The van der Waals surface area contributed by atoms with Gasteiger partial charge in [-0.2, -0.15) is 5.10 Å². The van der Waals surface area contributed by atoms with Crippen LogP contribution in [0.3, 0.4) is 0 Å². The van der Waals surface area contributed by atoms with Crippen molar-refractivity contribution < 1.29 is 5.11 Å². The fraction of sp³-hybridized carbons (Fsp3) is 0.846. The summed E-state index contributed by atoms with van der Waals surface area (Å²) < 4.78 is 3.35. The van der Waals surface area contributed by atoms with Crippen LogP contribution in [0.25, 0.3) is 0 Å². The lowest BCUT2D eigenvalue weighted by Crippen LogP contribution is -2.31. The molecule has 1 atom stereocenters. The number of rotatable bonds is 6. The number of aliphatic hydroxyl groups excluding tert-OH is 1. The van der Waals surface area contributed by atoms with Gasteiger partial charge in [0, 0.05) is 32.2 Å². The molecule has 19 heavy (non-hydrogen) atoms. The molecular weight excluding hydrogens is 244 g/mol. The average molecular weight is 268 g/mol. The number of aliphatic hydroxyl groups is 1. The maximum Gasteiger partial charge on any atom is 0.345 e. The molecule has 2 N–H and O–H groups in total. The molecule has 108 valence electrons. The molecule has 1 aromatic rings. The Hall–Kier alpha value is -1.14. The second-order valence-corrected chi connectivity index (χ2v) is 5.08. The molecule has 1 saturated heterocycles. The van der Waals surface area contributed by atoms with Gasteiger partial charge in [0.05, 0.1) is 0 Å². The summed E-state index contributed by atoms with van der Waals surface area (Å²) in [5.41, 5.74) is -0.0130. The Morgan fingerprint density at radius 1 is 1.47 bits per heavy atom. The number of piperidine rings is 1. The van der Waals surface area contributed by atoms with Crippen LogP contribution >= 0.6 is 0 Å². The highest BCUT2D eigenvalue weighted by atomic mass is 16.3. The third-order valence-electron chi connectivity index (χ3n) is 3.71. The molecule has 0 saturated carbocycles. The first kappa shape index (κ1) is 14.3. The summed E-state index contributed by atoms with van der Waals surface area (Å²) >= 11 is 0. The van der Waals surface area contributed by atoms with E-state index < -0.39 is 0 Å². The topological polar surface area (TPSA) is 72.1 Å². The molecule has 0 aliphatic carbocycles. The molecule has 0 spiro atoms. The molecule has 0 aromatic carbocycles. The maximum absolute atomic E-state index is 12.2. The quantitative estimate of drug-likeness (QED) is 0.728. The molecule has 1 aromatic heterocycles. The van der Waals surface area contributed by atoms with E-state index in [1.165, 1.54) is 0 Å². The number of nitrogens with one attached hydrogen (secondary N) is 1. The summed E-state index contributed by atoms with van der Waals surface area (Å²) in [6.45, 7) is 5.39. The largest absolute Gasteiger partial charge is 0.396 e. The lowest BCUT2D eigenvalue weighted by atomic mass is 9.99. The van der Waals surface area contributed by atoms with Crippen molar-refractivity contribution in [3.63, 3.8) is 0 Å². The molecule has 0 unspecified atom stereocenters. The van der Waals surface area contributed by atoms with Gasteiger partial charge in [0.25, 0.3) is 0 Å². The summed E-state index contributed by atoms with van der Waals surface area (Å²) in [6.07, 6.45) is 3.74. The van der Waals surface area contributed by atoms with Crippen molar-refractivity contribution >= 4 is 0 Å². The van der Waals surface area contributed by atoms with Crippen molar-refractivity contribution in [2.45, 2.75) is 51.6 Å². The van der Waals surface area contributed by atoms with Gasteiger partial charge in [0.15, 0.2) is 0 Å². The normalized spacial score (nSPS) is 19.8. The van der Waals surface area contributed by atoms with Gasteiger partial charge in [-0.25, -0.2) is 9.48 Å². The highest BCUT2D eigenvalue weighted by molar-refractivity contribution is 5.00. The summed E-state index contributed by atoms with van der Waals surface area (Å²) in [4.78, 5) is 12.2. The number of unbranched alkanes of at least 4 members (excludes halogenated alkanes) is 1. The number of hydrogen-bond acceptors (Lipinski definition) is 4. The molecule has 2 rings (SSSR count). The molecule has 2 heterocycles. The van der Waals surface area contributed by atoms with Crippen LogP contribution in [0, 0.1) is 0 Å². The SMILES string of the molecule is CCn1c([C@H]2CCCNC2)nn(CCCCO)c1=O. The average Bonchev–Trinajstić information content (AvgIpc) is 2.77. The lowest BCUT2D eigenvalue weighted by molar-refractivity contribution is 0.279. The minimum Gasteiger partial charge on any atom is -0.396 e. The van der Waals surface area contributed by atoms with Crippen molar-refractivity contribution in [1.82, 2.24) is 19.7 Å². The summed E-state index contributed by atoms with van der Waals surface area (Å²) in [5.74, 6) is 1.27. The first-order chi connectivity index (χ1) is 9.27. The van der Waals surface area contributed by atoms with E-state index in [0.717, 1.165) is 38.2 Å². The smallest absolute Gasteiger partial charge is 0.345 e. The highest BCUT2D eigenvalue weighted by Gasteiger charge is 2.22. The molecular formula is C13H24N4O2. The maximum atomic E-state index is 12.2. The van der Waals surface area contributed by atoms with E-state index in [1.807, 2.05) is 6.92 Å². The first-order valence-corrected chi connectivity index (χ1v) is 7.27. The Labute approximate surface area is 113 Å². The second kappa shape index (κ2) is 6.86. The van der Waals surface area contributed by atoms with Gasteiger partial charge in [0.1, 0.15) is 5.82 Å². The van der Waals surface area contributed by atoms with Crippen LogP contribution in [0.1, 0.15) is 44.3 Å². The molecule has 6 heteroatoms. The fourth-order valence-electron chi connectivity index (χ4n) is 2.65. The van der Waals surface area contributed by atoms with Crippen LogP contribution in [-0.4, -0.2) is 39.2 Å². The van der Waals surface area contributed by atoms with Crippen LogP contribution in [0.5, 0.6) is 0 Å². The predicted molar refractivity (Wildman–Crippen MR) is 73.3 cm³/mol. The second-order valence-electron chi connectivity index (χ2n) is 5.08. The minimum atomic E-state index is -0.0130. The number of aromatic nitrogens is 3. The Kier molecular flexibility index (Phi) is 5.15. The monoisotopic (exact) mass is 268 g/mol. The van der Waals surface area contributed by atoms with Crippen LogP contribution in [0.2, 0.25) is 0 Å². The van der Waals surface area contributed by atoms with Crippen LogP contribution in [-0.2, 0) is 13.1 Å². The fourth-order valence-corrected chi connectivity index (χ4v) is 2.65. The van der Waals surface area contributed by atoms with Gasteiger partial charge in [-0.1, -0.05) is 0 Å². The molecule has 6 nitrogen and oxygen atoms in total. The highest BCUT2D eigenvalue weighted by Crippen LogP contribution is 2.20. The summed E-state index contributed by atoms with van der Waals surface area (Å²) in [7, 11) is 0. The van der Waals surface area contributed by atoms with Gasteiger partial charge in [-0.3, -0.25) is 4.57 Å². The molecule has 1 fully saturated rings. The van der Waals surface area contributed by atoms with E-state index in [2.05, 4.69) is 10.4 Å². The standard InChI is InChI=1S/C13H24N4O2/c1-2-16-12(11-6-5-7-14-10-11)15-17(13(16)19)8-3-4-9-18/h11,14,18H,2-10H2,1H3/t11-/m0/s1. The van der Waals surface area contributed by atoms with Crippen LogP contribution in [0.15, 0.2) is 4.79 Å². The predicted octanol–water partition coefficient (Wildman–Crippen LogP) is 0.304. The molecule has 0 bridgehead atoms. The minimum absolute atomic E-state index is 0.0130. The van der Waals surface area contributed by atoms with E-state index in [9.17, 15) is 4.79 Å². The van der Waals surface area contributed by atoms with E-state index in [4.69, 9.17) is 5.11 Å². The van der Waals surface area contributed by atoms with Crippen LogP contribution in [0.4, 0.5) is 0 Å². The van der Waals surface area contributed by atoms with Gasteiger partial charge in [0.2, 0.25) is 0 Å². The van der Waals surface area contributed by atoms with Gasteiger partial charge in [-0.15, -0.1) is 0 Å². The van der Waals surface area contributed by atoms with Crippen molar-refractivity contribution in [2.75, 3.05) is 19.7 Å². The van der Waals surface area contributed by atoms with E-state index >= 15 is 0 Å². The van der Waals surface area contributed by atoms with Crippen molar-refractivity contribution in [2.24, 2.45) is 0 Å².